The Labute approximate surface area is 121 Å². The Kier molecular flexibility index (Phi) is 3.01. The van der Waals surface area contributed by atoms with E-state index in [1.807, 2.05) is 16.0 Å². The van der Waals surface area contributed by atoms with Crippen LogP contribution in [0.1, 0.15) is 17.8 Å². The maximum absolute atomic E-state index is 4.27. The third kappa shape index (κ3) is 2.13. The molecule has 20 heavy (non-hydrogen) atoms. The molecular formula is C15H16N4S. The number of fused-ring (bicyclic) bond motifs is 2. The van der Waals surface area contributed by atoms with E-state index in [0.29, 0.717) is 6.04 Å². The predicted octanol–water partition coefficient (Wildman–Crippen LogP) is 2.60. The van der Waals surface area contributed by atoms with Gasteiger partial charge >= 0.3 is 0 Å². The predicted molar refractivity (Wildman–Crippen MR) is 80.8 cm³/mol. The van der Waals surface area contributed by atoms with Crippen molar-refractivity contribution in [2.75, 3.05) is 0 Å². The van der Waals surface area contributed by atoms with E-state index in [-0.39, 0.29) is 0 Å². The summed E-state index contributed by atoms with van der Waals surface area (Å²) in [4.78, 5) is 4.27. The van der Waals surface area contributed by atoms with Crippen LogP contribution in [-0.2, 0) is 19.5 Å². The van der Waals surface area contributed by atoms with Gasteiger partial charge in [-0.1, -0.05) is 18.2 Å². The van der Waals surface area contributed by atoms with Crippen LogP contribution < -0.4 is 5.32 Å². The minimum atomic E-state index is 0.489. The molecule has 5 heteroatoms. The van der Waals surface area contributed by atoms with E-state index in [1.54, 1.807) is 6.33 Å². The summed E-state index contributed by atoms with van der Waals surface area (Å²) >= 11 is 1.82. The van der Waals surface area contributed by atoms with Gasteiger partial charge in [0.25, 0.3) is 0 Å². The van der Waals surface area contributed by atoms with Crippen LogP contribution in [0.3, 0.4) is 0 Å². The van der Waals surface area contributed by atoms with E-state index in [1.165, 1.54) is 15.6 Å². The van der Waals surface area contributed by atoms with Crippen LogP contribution >= 0.6 is 11.3 Å². The third-order valence-corrected chi connectivity index (χ3v) is 4.96. The molecule has 1 atom stereocenters. The number of nitrogens with one attached hydrogen (secondary N) is 1. The highest BCUT2D eigenvalue weighted by Crippen LogP contribution is 2.25. The second-order valence-electron chi connectivity index (χ2n) is 5.23. The molecule has 0 amide bonds. The number of hydrogen-bond acceptors (Lipinski definition) is 4. The van der Waals surface area contributed by atoms with Crippen molar-refractivity contribution in [1.82, 2.24) is 20.1 Å². The monoisotopic (exact) mass is 284 g/mol. The van der Waals surface area contributed by atoms with Gasteiger partial charge in [0.15, 0.2) is 0 Å². The van der Waals surface area contributed by atoms with Crippen LogP contribution in [-0.4, -0.2) is 20.8 Å². The molecule has 102 valence electrons. The molecule has 0 saturated heterocycles. The van der Waals surface area contributed by atoms with Gasteiger partial charge in [-0.3, -0.25) is 0 Å². The molecule has 0 fully saturated rings. The van der Waals surface area contributed by atoms with Crippen molar-refractivity contribution in [2.45, 2.75) is 32.0 Å². The Balaban J connectivity index is 1.46. The standard InChI is InChI=1S/C15H16N4S/c1-2-4-14-13(3-1)11(9-20-14)7-16-12-5-6-15-17-10-18-19(15)8-12/h1-4,9-10,12,16H,5-8H2. The van der Waals surface area contributed by atoms with Crippen molar-refractivity contribution >= 4 is 21.4 Å². The number of rotatable bonds is 3. The highest BCUT2D eigenvalue weighted by atomic mass is 32.1. The number of aryl methyl sites for hydroxylation is 1. The molecule has 0 saturated carbocycles. The Morgan fingerprint density at radius 2 is 2.30 bits per heavy atom. The van der Waals surface area contributed by atoms with Gasteiger partial charge < -0.3 is 5.32 Å². The minimum Gasteiger partial charge on any atom is -0.308 e. The first-order valence-corrected chi connectivity index (χ1v) is 7.83. The first-order valence-electron chi connectivity index (χ1n) is 6.95. The molecule has 0 radical (unpaired) electrons. The van der Waals surface area contributed by atoms with Crippen LogP contribution in [0.25, 0.3) is 10.1 Å². The Bertz CT molecular complexity index is 730. The van der Waals surface area contributed by atoms with E-state index < -0.39 is 0 Å². The van der Waals surface area contributed by atoms with Crippen LogP contribution in [0.2, 0.25) is 0 Å². The fourth-order valence-corrected chi connectivity index (χ4v) is 3.79. The smallest absolute Gasteiger partial charge is 0.138 e. The van der Waals surface area contributed by atoms with Crippen molar-refractivity contribution < 1.29 is 0 Å². The van der Waals surface area contributed by atoms with E-state index >= 15 is 0 Å². The molecule has 4 nitrogen and oxygen atoms in total. The summed E-state index contributed by atoms with van der Waals surface area (Å²) in [5, 5.41) is 11.6. The summed E-state index contributed by atoms with van der Waals surface area (Å²) in [6, 6.07) is 9.10. The molecule has 0 spiro atoms. The van der Waals surface area contributed by atoms with Crippen molar-refractivity contribution in [1.29, 1.82) is 0 Å². The van der Waals surface area contributed by atoms with Crippen molar-refractivity contribution in [3.05, 3.63) is 47.4 Å². The SMILES string of the molecule is c1ccc2c(CNC3CCc4ncnn4C3)csc2c1. The number of nitrogens with zero attached hydrogens (tertiary/aromatic N) is 3. The summed E-state index contributed by atoms with van der Waals surface area (Å²) in [6.45, 7) is 1.86. The number of thiophene rings is 1. The van der Waals surface area contributed by atoms with Gasteiger partial charge in [-0.05, 0) is 28.8 Å². The fourth-order valence-electron chi connectivity index (χ4n) is 2.83. The lowest BCUT2D eigenvalue weighted by Crippen LogP contribution is -2.37. The van der Waals surface area contributed by atoms with Gasteiger partial charge in [0.2, 0.25) is 0 Å². The molecule has 1 aliphatic heterocycles. The van der Waals surface area contributed by atoms with Gasteiger partial charge in [0.1, 0.15) is 12.2 Å². The topological polar surface area (TPSA) is 42.7 Å². The third-order valence-electron chi connectivity index (χ3n) is 3.95. The van der Waals surface area contributed by atoms with Crippen LogP contribution in [0.5, 0.6) is 0 Å². The van der Waals surface area contributed by atoms with Gasteiger partial charge in [-0.2, -0.15) is 5.10 Å². The average molecular weight is 284 g/mol. The van der Waals surface area contributed by atoms with E-state index in [9.17, 15) is 0 Å². The molecule has 1 aromatic carbocycles. The number of hydrogen-bond donors (Lipinski definition) is 1. The molecule has 1 aliphatic rings. The lowest BCUT2D eigenvalue weighted by atomic mass is 10.1. The summed E-state index contributed by atoms with van der Waals surface area (Å²) in [6.07, 6.45) is 3.81. The molecular weight excluding hydrogens is 268 g/mol. The van der Waals surface area contributed by atoms with Crippen LogP contribution in [0.4, 0.5) is 0 Å². The van der Waals surface area contributed by atoms with E-state index in [2.05, 4.69) is 45.0 Å². The number of aromatic nitrogens is 3. The maximum Gasteiger partial charge on any atom is 0.138 e. The lowest BCUT2D eigenvalue weighted by molar-refractivity contribution is 0.358. The van der Waals surface area contributed by atoms with E-state index in [4.69, 9.17) is 0 Å². The Morgan fingerprint density at radius 1 is 1.35 bits per heavy atom. The molecule has 1 unspecified atom stereocenters. The van der Waals surface area contributed by atoms with E-state index in [0.717, 1.165) is 31.8 Å². The Morgan fingerprint density at radius 3 is 3.30 bits per heavy atom. The summed E-state index contributed by atoms with van der Waals surface area (Å²) in [7, 11) is 0. The summed E-state index contributed by atoms with van der Waals surface area (Å²) in [5.74, 6) is 1.11. The van der Waals surface area contributed by atoms with Crippen molar-refractivity contribution in [3.63, 3.8) is 0 Å². The molecule has 1 N–H and O–H groups in total. The second kappa shape index (κ2) is 5.00. The lowest BCUT2D eigenvalue weighted by Gasteiger charge is -2.23. The zero-order valence-corrected chi connectivity index (χ0v) is 11.9. The summed E-state index contributed by atoms with van der Waals surface area (Å²) < 4.78 is 3.39. The molecule has 3 aromatic rings. The first-order chi connectivity index (χ1) is 9.90. The van der Waals surface area contributed by atoms with Crippen molar-refractivity contribution in [3.8, 4) is 0 Å². The average Bonchev–Trinajstić information content (AvgIpc) is 3.11. The molecule has 2 aromatic heterocycles. The largest absolute Gasteiger partial charge is 0.308 e. The van der Waals surface area contributed by atoms with Crippen LogP contribution in [0.15, 0.2) is 36.0 Å². The molecule has 0 aliphatic carbocycles. The zero-order valence-electron chi connectivity index (χ0n) is 11.1. The quantitative estimate of drug-likeness (QED) is 0.804. The summed E-state index contributed by atoms with van der Waals surface area (Å²) in [5.41, 5.74) is 1.40. The van der Waals surface area contributed by atoms with Gasteiger partial charge in [-0.15, -0.1) is 11.3 Å². The van der Waals surface area contributed by atoms with Gasteiger partial charge in [0, 0.05) is 23.7 Å². The molecule has 4 rings (SSSR count). The first kappa shape index (κ1) is 12.1. The minimum absolute atomic E-state index is 0.489. The molecule has 3 heterocycles. The number of benzene rings is 1. The van der Waals surface area contributed by atoms with Gasteiger partial charge in [0.05, 0.1) is 6.54 Å². The second-order valence-corrected chi connectivity index (χ2v) is 6.14. The van der Waals surface area contributed by atoms with Crippen LogP contribution in [0, 0.1) is 0 Å². The highest BCUT2D eigenvalue weighted by molar-refractivity contribution is 7.17. The maximum atomic E-state index is 4.27. The fraction of sp³-hybridized carbons (Fsp3) is 0.333. The van der Waals surface area contributed by atoms with Gasteiger partial charge in [-0.25, -0.2) is 9.67 Å². The Hall–Kier alpha value is -1.72. The highest BCUT2D eigenvalue weighted by Gasteiger charge is 2.19. The normalized spacial score (nSPS) is 18.3. The zero-order chi connectivity index (χ0) is 13.4. The molecule has 0 bridgehead atoms. The van der Waals surface area contributed by atoms with Crippen molar-refractivity contribution in [2.24, 2.45) is 0 Å².